The number of benzene rings is 3. The molecule has 166 valence electrons. The third-order valence-corrected chi connectivity index (χ3v) is 4.49. The van der Waals surface area contributed by atoms with Crippen molar-refractivity contribution in [3.8, 4) is 33.8 Å². The first-order valence-electron chi connectivity index (χ1n) is 9.90. The van der Waals surface area contributed by atoms with Gasteiger partial charge in [-0.3, -0.25) is 0 Å². The SMILES string of the molecule is C=CC(=O)O/C=C\Oc1ccc(-c2ccc(-c3ccc(OC(=O)C(=C)C)cc3)cc2)c(F)c1. The molecule has 5 nitrogen and oxygen atoms in total. The molecule has 3 rings (SSSR count). The summed E-state index contributed by atoms with van der Waals surface area (Å²) < 4.78 is 29.7. The van der Waals surface area contributed by atoms with E-state index in [4.69, 9.17) is 9.47 Å². The van der Waals surface area contributed by atoms with Crippen molar-refractivity contribution in [2.45, 2.75) is 6.92 Å². The number of hydrogen-bond acceptors (Lipinski definition) is 5. The van der Waals surface area contributed by atoms with E-state index in [1.807, 2.05) is 36.4 Å². The van der Waals surface area contributed by atoms with Crippen molar-refractivity contribution in [1.82, 2.24) is 0 Å². The maximum atomic E-state index is 14.6. The van der Waals surface area contributed by atoms with Gasteiger partial charge in [0.1, 0.15) is 29.8 Å². The van der Waals surface area contributed by atoms with Crippen molar-refractivity contribution in [3.05, 3.63) is 110 Å². The van der Waals surface area contributed by atoms with Gasteiger partial charge < -0.3 is 14.2 Å². The number of carbonyl (C=O) groups is 2. The summed E-state index contributed by atoms with van der Waals surface area (Å²) in [6.45, 7) is 8.41. The van der Waals surface area contributed by atoms with Crippen molar-refractivity contribution in [1.29, 1.82) is 0 Å². The molecule has 0 aliphatic heterocycles. The molecule has 0 bridgehead atoms. The van der Waals surface area contributed by atoms with Gasteiger partial charge in [-0.1, -0.05) is 49.6 Å². The van der Waals surface area contributed by atoms with Crippen molar-refractivity contribution >= 4 is 11.9 Å². The van der Waals surface area contributed by atoms with Gasteiger partial charge in [0.05, 0.1) is 0 Å². The molecule has 0 atom stereocenters. The quantitative estimate of drug-likeness (QED) is 0.179. The predicted octanol–water partition coefficient (Wildman–Crippen LogP) is 6.22. The Labute approximate surface area is 191 Å². The second-order valence-corrected chi connectivity index (χ2v) is 6.94. The maximum absolute atomic E-state index is 14.6. The molecule has 3 aromatic carbocycles. The highest BCUT2D eigenvalue weighted by Gasteiger charge is 2.09. The van der Waals surface area contributed by atoms with Crippen molar-refractivity contribution in [3.63, 3.8) is 0 Å². The average molecular weight is 444 g/mol. The van der Waals surface area contributed by atoms with Gasteiger partial charge in [-0.2, -0.15) is 0 Å². The minimum Gasteiger partial charge on any atom is -0.462 e. The van der Waals surface area contributed by atoms with Gasteiger partial charge in [0.15, 0.2) is 0 Å². The lowest BCUT2D eigenvalue weighted by atomic mass is 10.00. The van der Waals surface area contributed by atoms with Crippen LogP contribution in [0.1, 0.15) is 6.92 Å². The van der Waals surface area contributed by atoms with E-state index < -0.39 is 17.8 Å². The van der Waals surface area contributed by atoms with Gasteiger partial charge in [0.25, 0.3) is 0 Å². The molecule has 0 amide bonds. The van der Waals surface area contributed by atoms with Gasteiger partial charge in [-0.25, -0.2) is 14.0 Å². The maximum Gasteiger partial charge on any atom is 0.338 e. The summed E-state index contributed by atoms with van der Waals surface area (Å²) in [4.78, 5) is 22.5. The van der Waals surface area contributed by atoms with Crippen LogP contribution in [0.15, 0.2) is 104 Å². The molecule has 0 radical (unpaired) electrons. The number of hydrogen-bond donors (Lipinski definition) is 0. The van der Waals surface area contributed by atoms with Gasteiger partial charge in [0.2, 0.25) is 0 Å². The van der Waals surface area contributed by atoms with Crippen LogP contribution in [0.25, 0.3) is 22.3 Å². The predicted molar refractivity (Wildman–Crippen MR) is 124 cm³/mol. The van der Waals surface area contributed by atoms with E-state index in [1.54, 1.807) is 31.2 Å². The average Bonchev–Trinajstić information content (AvgIpc) is 2.82. The Morgan fingerprint density at radius 1 is 0.848 bits per heavy atom. The summed E-state index contributed by atoms with van der Waals surface area (Å²) in [5.74, 6) is -0.868. The standard InChI is InChI=1S/C27H21FO5/c1-4-26(29)32-16-15-31-23-13-14-24(25(28)17-23)21-7-5-19(6-8-21)20-9-11-22(12-10-20)33-27(30)18(2)3/h4-17H,1-2H2,3H3/b16-15-. The van der Waals surface area contributed by atoms with Crippen molar-refractivity contribution in [2.75, 3.05) is 0 Å². The largest absolute Gasteiger partial charge is 0.462 e. The highest BCUT2D eigenvalue weighted by atomic mass is 19.1. The molecule has 6 heteroatoms. The lowest BCUT2D eigenvalue weighted by Crippen LogP contribution is -2.07. The molecule has 0 saturated heterocycles. The minimum absolute atomic E-state index is 0.256. The second kappa shape index (κ2) is 10.7. The molecule has 0 aromatic heterocycles. The second-order valence-electron chi connectivity index (χ2n) is 6.94. The summed E-state index contributed by atoms with van der Waals surface area (Å²) >= 11 is 0. The topological polar surface area (TPSA) is 61.8 Å². The van der Waals surface area contributed by atoms with Crippen LogP contribution in [0.2, 0.25) is 0 Å². The zero-order valence-electron chi connectivity index (χ0n) is 17.9. The van der Waals surface area contributed by atoms with Crippen LogP contribution in [0.3, 0.4) is 0 Å². The number of ether oxygens (including phenoxy) is 3. The summed E-state index contributed by atoms with van der Waals surface area (Å²) in [5.41, 5.74) is 3.29. The highest BCUT2D eigenvalue weighted by Crippen LogP contribution is 2.29. The number of esters is 2. The lowest BCUT2D eigenvalue weighted by molar-refractivity contribution is -0.132. The van der Waals surface area contributed by atoms with E-state index in [0.717, 1.165) is 29.7 Å². The zero-order valence-corrected chi connectivity index (χ0v) is 17.9. The number of halogens is 1. The van der Waals surface area contributed by atoms with Crippen LogP contribution in [-0.2, 0) is 14.3 Å². The Balaban J connectivity index is 1.68. The molecule has 3 aromatic rings. The zero-order chi connectivity index (χ0) is 23.8. The molecule has 0 unspecified atom stereocenters. The Kier molecular flexibility index (Phi) is 7.55. The van der Waals surface area contributed by atoms with Gasteiger partial charge in [-0.15, -0.1) is 0 Å². The normalized spacial score (nSPS) is 10.5. The first kappa shape index (κ1) is 23.2. The highest BCUT2D eigenvalue weighted by molar-refractivity contribution is 5.88. The Morgan fingerprint density at radius 2 is 1.42 bits per heavy atom. The monoisotopic (exact) mass is 444 g/mol. The minimum atomic E-state index is -0.623. The Bertz CT molecular complexity index is 1210. The third kappa shape index (κ3) is 6.27. The molecule has 33 heavy (non-hydrogen) atoms. The molecular weight excluding hydrogens is 423 g/mol. The van der Waals surface area contributed by atoms with Gasteiger partial charge in [-0.05, 0) is 47.9 Å². The molecule has 0 heterocycles. The van der Waals surface area contributed by atoms with Crippen LogP contribution in [-0.4, -0.2) is 11.9 Å². The fourth-order valence-electron chi connectivity index (χ4n) is 2.80. The molecule has 0 N–H and O–H groups in total. The lowest BCUT2D eigenvalue weighted by Gasteiger charge is -2.08. The van der Waals surface area contributed by atoms with Gasteiger partial charge >= 0.3 is 11.9 Å². The van der Waals surface area contributed by atoms with Gasteiger partial charge in [0, 0.05) is 23.3 Å². The fourth-order valence-corrected chi connectivity index (χ4v) is 2.80. The fraction of sp³-hybridized carbons (Fsp3) is 0.0370. The van der Waals surface area contributed by atoms with E-state index in [0.29, 0.717) is 22.4 Å². The van der Waals surface area contributed by atoms with E-state index >= 15 is 0 Å². The van der Waals surface area contributed by atoms with Crippen LogP contribution in [0.5, 0.6) is 11.5 Å². The summed E-state index contributed by atoms with van der Waals surface area (Å²) in [6.07, 6.45) is 3.20. The molecule has 0 saturated carbocycles. The Hall–Kier alpha value is -4.45. The van der Waals surface area contributed by atoms with Crippen LogP contribution < -0.4 is 9.47 Å². The molecule has 0 fully saturated rings. The van der Waals surface area contributed by atoms with Crippen LogP contribution in [0.4, 0.5) is 4.39 Å². The van der Waals surface area contributed by atoms with E-state index in [-0.39, 0.29) is 5.75 Å². The molecular formula is C27H21FO5. The summed E-state index contributed by atoms with van der Waals surface area (Å²) in [6, 6.07) is 18.9. The number of carbonyl (C=O) groups excluding carboxylic acids is 2. The molecule has 0 aliphatic carbocycles. The van der Waals surface area contributed by atoms with E-state index in [2.05, 4.69) is 17.9 Å². The van der Waals surface area contributed by atoms with Crippen molar-refractivity contribution < 1.29 is 28.2 Å². The first-order valence-corrected chi connectivity index (χ1v) is 9.90. The number of rotatable bonds is 8. The molecule has 0 aliphatic rings. The van der Waals surface area contributed by atoms with Crippen LogP contribution >= 0.6 is 0 Å². The molecule has 0 spiro atoms. The Morgan fingerprint density at radius 3 is 2.00 bits per heavy atom. The smallest absolute Gasteiger partial charge is 0.338 e. The first-order chi connectivity index (χ1) is 15.9. The van der Waals surface area contributed by atoms with E-state index in [1.165, 1.54) is 6.07 Å². The van der Waals surface area contributed by atoms with Crippen LogP contribution in [0, 0.1) is 5.82 Å². The summed E-state index contributed by atoms with van der Waals surface area (Å²) in [7, 11) is 0. The van der Waals surface area contributed by atoms with Crippen molar-refractivity contribution in [2.24, 2.45) is 0 Å². The summed E-state index contributed by atoms with van der Waals surface area (Å²) in [5, 5.41) is 0. The van der Waals surface area contributed by atoms with E-state index in [9.17, 15) is 14.0 Å². The third-order valence-electron chi connectivity index (χ3n) is 4.49.